The summed E-state index contributed by atoms with van der Waals surface area (Å²) in [5, 5.41) is 10.9. The van der Waals surface area contributed by atoms with Crippen molar-refractivity contribution < 1.29 is 27.0 Å². The smallest absolute Gasteiger partial charge is 0.409 e. The van der Waals surface area contributed by atoms with E-state index >= 15 is 0 Å². The fourth-order valence-electron chi connectivity index (χ4n) is 1.55. The normalized spacial score (nSPS) is 19.1. The van der Waals surface area contributed by atoms with Gasteiger partial charge >= 0.3 is 12.4 Å². The number of alkyl halides is 4. The molecule has 1 aliphatic heterocycles. The minimum Gasteiger partial charge on any atom is -0.409 e. The number of ether oxygens (including phenoxy) is 2. The topological polar surface area (TPSA) is 66.6 Å². The van der Waals surface area contributed by atoms with Crippen molar-refractivity contribution in [2.75, 3.05) is 6.26 Å². The van der Waals surface area contributed by atoms with Crippen LogP contribution in [0.15, 0.2) is 23.2 Å². The van der Waals surface area contributed by atoms with Crippen LogP contribution in [-0.2, 0) is 10.8 Å². The molecule has 0 spiro atoms. The van der Waals surface area contributed by atoms with E-state index in [1.807, 2.05) is 0 Å². The molecule has 1 aromatic rings. The molecule has 0 saturated carbocycles. The molecule has 0 radical (unpaired) electrons. The lowest BCUT2D eigenvalue weighted by atomic mass is 10.1. The lowest BCUT2D eigenvalue weighted by molar-refractivity contribution is -0.461. The van der Waals surface area contributed by atoms with Gasteiger partial charge in [0.1, 0.15) is 5.75 Å². The monoisotopic (exact) mass is 321 g/mol. The maximum absolute atomic E-state index is 13.5. The number of rotatable bonds is 1. The molecule has 0 unspecified atom stereocenters. The number of benzene rings is 1. The van der Waals surface area contributed by atoms with Crippen LogP contribution in [0.25, 0.3) is 0 Å². The van der Waals surface area contributed by atoms with Crippen LogP contribution < -0.4 is 10.1 Å². The molecule has 0 bridgehead atoms. The first-order valence-electron chi connectivity index (χ1n) is 5.34. The first-order valence-corrected chi connectivity index (χ1v) is 6.57. The van der Waals surface area contributed by atoms with Gasteiger partial charge in [0.15, 0.2) is 11.4 Å². The quantitative estimate of drug-likeness (QED) is 0.283. The number of thioether (sulfide) groups is 1. The maximum atomic E-state index is 13.5. The van der Waals surface area contributed by atoms with E-state index in [1.165, 1.54) is 6.07 Å². The molecule has 21 heavy (non-hydrogen) atoms. The molecule has 1 heterocycles. The van der Waals surface area contributed by atoms with Gasteiger partial charge in [-0.1, -0.05) is 11.8 Å². The van der Waals surface area contributed by atoms with Crippen LogP contribution in [0.3, 0.4) is 0 Å². The number of amidine groups is 1. The molecule has 0 aliphatic carbocycles. The standard InChI is InChI=1S/C11H7F4N3O2S/c1-21-9(17-5-16)18-6-2-3-8-7(4-6)10(12,13)20-11(14,15)19-8/h2-4H,1H3,(H,17,18). The fraction of sp³-hybridized carbons (Fsp3) is 0.273. The highest BCUT2D eigenvalue weighted by Crippen LogP contribution is 2.47. The summed E-state index contributed by atoms with van der Waals surface area (Å²) in [5.74, 6) is -0.700. The summed E-state index contributed by atoms with van der Waals surface area (Å²) >= 11 is 1.07. The molecule has 0 amide bonds. The van der Waals surface area contributed by atoms with Gasteiger partial charge in [-0.2, -0.15) is 14.0 Å². The third-order valence-electron chi connectivity index (χ3n) is 2.34. The fourth-order valence-corrected chi connectivity index (χ4v) is 1.89. The third kappa shape index (κ3) is 3.37. The van der Waals surface area contributed by atoms with Crippen LogP contribution in [0.1, 0.15) is 5.56 Å². The summed E-state index contributed by atoms with van der Waals surface area (Å²) in [6.07, 6.45) is -5.38. The van der Waals surface area contributed by atoms with Crippen LogP contribution in [0.5, 0.6) is 5.75 Å². The van der Waals surface area contributed by atoms with Crippen molar-refractivity contribution in [2.45, 2.75) is 12.4 Å². The lowest BCUT2D eigenvalue weighted by Crippen LogP contribution is -2.40. The molecule has 1 aromatic carbocycles. The Morgan fingerprint density at radius 1 is 1.38 bits per heavy atom. The molecule has 5 nitrogen and oxygen atoms in total. The summed E-state index contributed by atoms with van der Waals surface area (Å²) in [5.41, 5.74) is -0.843. The molecule has 10 heteroatoms. The first kappa shape index (κ1) is 15.4. The second-order valence-corrected chi connectivity index (χ2v) is 4.52. The van der Waals surface area contributed by atoms with Crippen LogP contribution in [0, 0.1) is 11.5 Å². The molecular formula is C11H7F4N3O2S. The molecule has 0 fully saturated rings. The molecule has 112 valence electrons. The summed E-state index contributed by atoms with van der Waals surface area (Å²) in [6.45, 7) is 0. The zero-order valence-electron chi connectivity index (χ0n) is 10.4. The molecule has 0 atom stereocenters. The molecule has 2 rings (SSSR count). The molecular weight excluding hydrogens is 314 g/mol. The predicted molar refractivity (Wildman–Crippen MR) is 66.4 cm³/mol. The predicted octanol–water partition coefficient (Wildman–Crippen LogP) is 3.12. The molecule has 0 aromatic heterocycles. The SMILES string of the molecule is CSC(=Nc1ccc2c(c1)C(F)(F)OC(F)(F)O2)NC#N. The Morgan fingerprint density at radius 3 is 2.71 bits per heavy atom. The highest BCUT2D eigenvalue weighted by molar-refractivity contribution is 8.13. The lowest BCUT2D eigenvalue weighted by Gasteiger charge is -2.30. The van der Waals surface area contributed by atoms with Gasteiger partial charge in [-0.25, -0.2) is 9.73 Å². The Labute approximate surface area is 120 Å². The number of halogens is 4. The van der Waals surface area contributed by atoms with E-state index in [0.717, 1.165) is 23.9 Å². The van der Waals surface area contributed by atoms with Gasteiger partial charge in [0.2, 0.25) is 0 Å². The number of fused-ring (bicyclic) bond motifs is 1. The van der Waals surface area contributed by atoms with E-state index in [0.29, 0.717) is 0 Å². The van der Waals surface area contributed by atoms with Crippen molar-refractivity contribution in [1.82, 2.24) is 5.32 Å². The van der Waals surface area contributed by atoms with Crippen LogP contribution in [0.4, 0.5) is 23.2 Å². The van der Waals surface area contributed by atoms with Crippen molar-refractivity contribution in [3.63, 3.8) is 0 Å². The van der Waals surface area contributed by atoms with Crippen molar-refractivity contribution in [2.24, 2.45) is 4.99 Å². The Bertz CT molecular complexity index is 630. The molecule has 1 aliphatic rings. The number of hydrogen-bond acceptors (Lipinski definition) is 5. The Kier molecular flexibility index (Phi) is 3.97. The third-order valence-corrected chi connectivity index (χ3v) is 2.92. The van der Waals surface area contributed by atoms with Crippen molar-refractivity contribution in [3.05, 3.63) is 23.8 Å². The number of nitriles is 1. The van der Waals surface area contributed by atoms with Crippen LogP contribution >= 0.6 is 11.8 Å². The van der Waals surface area contributed by atoms with E-state index in [2.05, 4.69) is 19.8 Å². The summed E-state index contributed by atoms with van der Waals surface area (Å²) < 4.78 is 60.1. The zero-order valence-corrected chi connectivity index (χ0v) is 11.2. The average molecular weight is 321 g/mol. The van der Waals surface area contributed by atoms with Gasteiger partial charge in [0, 0.05) is 0 Å². The van der Waals surface area contributed by atoms with Gasteiger partial charge in [0.05, 0.1) is 11.3 Å². The number of nitrogens with zero attached hydrogens (tertiary/aromatic N) is 2. The summed E-state index contributed by atoms with van der Waals surface area (Å²) in [4.78, 5) is 3.89. The average Bonchev–Trinajstić information content (AvgIpc) is 2.37. The van der Waals surface area contributed by atoms with Crippen LogP contribution in [-0.4, -0.2) is 17.7 Å². The minimum absolute atomic E-state index is 0.0259. The Morgan fingerprint density at radius 2 is 2.10 bits per heavy atom. The van der Waals surface area contributed by atoms with E-state index in [9.17, 15) is 17.6 Å². The van der Waals surface area contributed by atoms with Gasteiger partial charge < -0.3 is 4.74 Å². The summed E-state index contributed by atoms with van der Waals surface area (Å²) in [6, 6.07) is 2.98. The summed E-state index contributed by atoms with van der Waals surface area (Å²) in [7, 11) is 0. The number of aliphatic imine (C=N–C) groups is 1. The van der Waals surface area contributed by atoms with E-state index < -0.39 is 23.7 Å². The maximum Gasteiger partial charge on any atom is 0.540 e. The van der Waals surface area contributed by atoms with Crippen molar-refractivity contribution in [3.8, 4) is 11.9 Å². The highest BCUT2D eigenvalue weighted by Gasteiger charge is 2.54. The minimum atomic E-state index is -4.41. The zero-order chi connectivity index (χ0) is 15.7. The van der Waals surface area contributed by atoms with Crippen molar-refractivity contribution in [1.29, 1.82) is 5.26 Å². The van der Waals surface area contributed by atoms with Crippen LogP contribution in [0.2, 0.25) is 0 Å². The number of hydrogen-bond donors (Lipinski definition) is 1. The van der Waals surface area contributed by atoms with Crippen molar-refractivity contribution >= 4 is 22.6 Å². The second kappa shape index (κ2) is 5.42. The first-order chi connectivity index (χ1) is 9.77. The van der Waals surface area contributed by atoms with Gasteiger partial charge in [-0.05, 0) is 24.5 Å². The Balaban J connectivity index is 2.42. The van der Waals surface area contributed by atoms with E-state index in [4.69, 9.17) is 5.26 Å². The number of nitrogens with one attached hydrogen (secondary N) is 1. The Hall–Kier alpha value is -1.99. The largest absolute Gasteiger partial charge is 0.540 e. The van der Waals surface area contributed by atoms with Gasteiger partial charge in [0.25, 0.3) is 0 Å². The van der Waals surface area contributed by atoms with E-state index in [1.54, 1.807) is 12.4 Å². The molecule has 1 N–H and O–H groups in total. The second-order valence-electron chi connectivity index (χ2n) is 3.72. The van der Waals surface area contributed by atoms with Gasteiger partial charge in [-0.15, -0.1) is 8.78 Å². The van der Waals surface area contributed by atoms with Gasteiger partial charge in [-0.3, -0.25) is 5.32 Å². The molecule has 0 saturated heterocycles. The van der Waals surface area contributed by atoms with E-state index in [-0.39, 0.29) is 10.9 Å². The highest BCUT2D eigenvalue weighted by atomic mass is 32.2.